The van der Waals surface area contributed by atoms with Crippen LogP contribution in [-0.4, -0.2) is 9.97 Å². The van der Waals surface area contributed by atoms with Crippen molar-refractivity contribution in [2.24, 2.45) is 0 Å². The molecule has 0 aliphatic heterocycles. The molecular weight excluding hydrogens is 260 g/mol. The predicted molar refractivity (Wildman–Crippen MR) is 84.1 cm³/mol. The summed E-state index contributed by atoms with van der Waals surface area (Å²) in [5.41, 5.74) is 4.83. The zero-order chi connectivity index (χ0) is 14.8. The number of aryl methyl sites for hydroxylation is 2. The molecule has 0 atom stereocenters. The highest BCUT2D eigenvalue weighted by molar-refractivity contribution is 5.93. The number of nitrogens with zero attached hydrogens (tertiary/aromatic N) is 2. The van der Waals surface area contributed by atoms with Crippen molar-refractivity contribution in [3.63, 3.8) is 0 Å². The minimum atomic E-state index is 0.431. The van der Waals surface area contributed by atoms with Crippen LogP contribution >= 0.6 is 0 Å². The van der Waals surface area contributed by atoms with Gasteiger partial charge in [-0.1, -0.05) is 30.3 Å². The predicted octanol–water partition coefficient (Wildman–Crippen LogP) is 3.66. The number of hydrogen-bond acceptors (Lipinski definition) is 3. The van der Waals surface area contributed by atoms with Crippen LogP contribution in [0.3, 0.4) is 0 Å². The average Bonchev–Trinajstić information content (AvgIpc) is 2.81. The topological polar surface area (TPSA) is 64.5 Å². The molecule has 0 saturated heterocycles. The highest BCUT2D eigenvalue weighted by Crippen LogP contribution is 2.27. The molecule has 0 spiro atoms. The van der Waals surface area contributed by atoms with Gasteiger partial charge in [-0.25, -0.2) is 4.98 Å². The Labute approximate surface area is 123 Å². The third-order valence-electron chi connectivity index (χ3n) is 3.72. The normalized spacial score (nSPS) is 10.5. The number of nitrogens with one attached hydrogen (secondary N) is 2. The summed E-state index contributed by atoms with van der Waals surface area (Å²) in [4.78, 5) is 7.73. The SMILES string of the molecule is Cc1[nH]c2c(NCc3ccccc3)nc(C#N)cc2c1C. The lowest BCUT2D eigenvalue weighted by molar-refractivity contribution is 1.11. The molecule has 3 aromatic rings. The number of anilines is 1. The van der Waals surface area contributed by atoms with Crippen LogP contribution in [0.5, 0.6) is 0 Å². The fourth-order valence-electron chi connectivity index (χ4n) is 2.42. The lowest BCUT2D eigenvalue weighted by Gasteiger charge is -2.07. The molecular formula is C17H16N4. The molecule has 0 amide bonds. The van der Waals surface area contributed by atoms with E-state index < -0.39 is 0 Å². The molecule has 2 N–H and O–H groups in total. The minimum absolute atomic E-state index is 0.431. The summed E-state index contributed by atoms with van der Waals surface area (Å²) in [5, 5.41) is 13.5. The summed E-state index contributed by atoms with van der Waals surface area (Å²) in [6.07, 6.45) is 0. The molecule has 4 heteroatoms. The van der Waals surface area contributed by atoms with Crippen molar-refractivity contribution in [3.05, 3.63) is 58.9 Å². The molecule has 104 valence electrons. The van der Waals surface area contributed by atoms with E-state index in [0.717, 1.165) is 28.0 Å². The summed E-state index contributed by atoms with van der Waals surface area (Å²) < 4.78 is 0. The second-order valence-electron chi connectivity index (χ2n) is 5.10. The summed E-state index contributed by atoms with van der Waals surface area (Å²) in [6, 6.07) is 14.1. The molecule has 1 aromatic carbocycles. The molecule has 0 saturated carbocycles. The number of hydrogen-bond donors (Lipinski definition) is 2. The van der Waals surface area contributed by atoms with Gasteiger partial charge in [0.05, 0.1) is 5.52 Å². The molecule has 0 bridgehead atoms. The maximum atomic E-state index is 9.15. The second-order valence-corrected chi connectivity index (χ2v) is 5.10. The van der Waals surface area contributed by atoms with Gasteiger partial charge in [-0.2, -0.15) is 5.26 Å². The highest BCUT2D eigenvalue weighted by atomic mass is 15.0. The van der Waals surface area contributed by atoms with Crippen molar-refractivity contribution < 1.29 is 0 Å². The minimum Gasteiger partial charge on any atom is -0.364 e. The van der Waals surface area contributed by atoms with Crippen LogP contribution in [0, 0.1) is 25.2 Å². The van der Waals surface area contributed by atoms with Crippen LogP contribution < -0.4 is 5.32 Å². The molecule has 3 rings (SSSR count). The van der Waals surface area contributed by atoms with Crippen molar-refractivity contribution in [1.29, 1.82) is 5.26 Å². The maximum absolute atomic E-state index is 9.15. The lowest BCUT2D eigenvalue weighted by atomic mass is 10.1. The van der Waals surface area contributed by atoms with E-state index >= 15 is 0 Å². The molecule has 0 aliphatic carbocycles. The van der Waals surface area contributed by atoms with E-state index in [4.69, 9.17) is 5.26 Å². The van der Waals surface area contributed by atoms with Gasteiger partial charge in [0, 0.05) is 17.6 Å². The molecule has 0 fully saturated rings. The molecule has 0 aliphatic rings. The zero-order valence-corrected chi connectivity index (χ0v) is 12.1. The summed E-state index contributed by atoms with van der Waals surface area (Å²) >= 11 is 0. The monoisotopic (exact) mass is 276 g/mol. The highest BCUT2D eigenvalue weighted by Gasteiger charge is 2.11. The van der Waals surface area contributed by atoms with E-state index in [0.29, 0.717) is 12.2 Å². The number of benzene rings is 1. The first-order valence-electron chi connectivity index (χ1n) is 6.87. The summed E-state index contributed by atoms with van der Waals surface area (Å²) in [7, 11) is 0. The summed E-state index contributed by atoms with van der Waals surface area (Å²) in [6.45, 7) is 4.76. The Bertz CT molecular complexity index is 825. The van der Waals surface area contributed by atoms with E-state index in [-0.39, 0.29) is 0 Å². The number of nitriles is 1. The first kappa shape index (κ1) is 13.2. The zero-order valence-electron chi connectivity index (χ0n) is 12.1. The van der Waals surface area contributed by atoms with E-state index in [1.54, 1.807) is 0 Å². The Morgan fingerprint density at radius 3 is 2.71 bits per heavy atom. The largest absolute Gasteiger partial charge is 0.364 e. The third-order valence-corrected chi connectivity index (χ3v) is 3.72. The first-order chi connectivity index (χ1) is 10.2. The Hall–Kier alpha value is -2.80. The second kappa shape index (κ2) is 5.29. The molecule has 21 heavy (non-hydrogen) atoms. The number of aromatic nitrogens is 2. The van der Waals surface area contributed by atoms with E-state index in [1.807, 2.05) is 31.2 Å². The molecule has 4 nitrogen and oxygen atoms in total. The van der Waals surface area contributed by atoms with Gasteiger partial charge in [-0.3, -0.25) is 0 Å². The number of rotatable bonds is 3. The van der Waals surface area contributed by atoms with E-state index in [2.05, 4.69) is 40.4 Å². The van der Waals surface area contributed by atoms with Crippen molar-refractivity contribution in [1.82, 2.24) is 9.97 Å². The average molecular weight is 276 g/mol. The van der Waals surface area contributed by atoms with Gasteiger partial charge in [-0.05, 0) is 31.0 Å². The number of pyridine rings is 1. The van der Waals surface area contributed by atoms with Gasteiger partial charge in [0.15, 0.2) is 5.82 Å². The van der Waals surface area contributed by atoms with E-state index in [1.165, 1.54) is 5.56 Å². The number of H-pyrrole nitrogens is 1. The first-order valence-corrected chi connectivity index (χ1v) is 6.87. The third kappa shape index (κ3) is 2.46. The number of aromatic amines is 1. The fraction of sp³-hybridized carbons (Fsp3) is 0.176. The Morgan fingerprint density at radius 2 is 2.00 bits per heavy atom. The van der Waals surface area contributed by atoms with Crippen molar-refractivity contribution >= 4 is 16.7 Å². The van der Waals surface area contributed by atoms with Crippen molar-refractivity contribution in [2.75, 3.05) is 5.32 Å². The van der Waals surface area contributed by atoms with Crippen LogP contribution in [0.4, 0.5) is 5.82 Å². The van der Waals surface area contributed by atoms with Gasteiger partial charge in [-0.15, -0.1) is 0 Å². The fourth-order valence-corrected chi connectivity index (χ4v) is 2.42. The smallest absolute Gasteiger partial charge is 0.152 e. The lowest BCUT2D eigenvalue weighted by Crippen LogP contribution is -2.03. The van der Waals surface area contributed by atoms with Crippen molar-refractivity contribution in [3.8, 4) is 6.07 Å². The number of fused-ring (bicyclic) bond motifs is 1. The maximum Gasteiger partial charge on any atom is 0.152 e. The van der Waals surface area contributed by atoms with E-state index in [9.17, 15) is 0 Å². The standard InChI is InChI=1S/C17H16N4/c1-11-12(2)20-16-15(11)8-14(9-18)21-17(16)19-10-13-6-4-3-5-7-13/h3-8,20H,10H2,1-2H3,(H,19,21). The van der Waals surface area contributed by atoms with Crippen LogP contribution in [-0.2, 0) is 6.54 Å². The van der Waals surface area contributed by atoms with Crippen LogP contribution in [0.1, 0.15) is 22.5 Å². The quantitative estimate of drug-likeness (QED) is 0.767. The van der Waals surface area contributed by atoms with Gasteiger partial charge in [0.25, 0.3) is 0 Å². The van der Waals surface area contributed by atoms with Crippen LogP contribution in [0.2, 0.25) is 0 Å². The summed E-state index contributed by atoms with van der Waals surface area (Å²) in [5.74, 6) is 0.726. The Kier molecular flexibility index (Phi) is 3.33. The molecule has 2 aromatic heterocycles. The van der Waals surface area contributed by atoms with Gasteiger partial charge in [0.2, 0.25) is 0 Å². The molecule has 2 heterocycles. The van der Waals surface area contributed by atoms with Crippen LogP contribution in [0.15, 0.2) is 36.4 Å². The Balaban J connectivity index is 2.01. The Morgan fingerprint density at radius 1 is 1.24 bits per heavy atom. The van der Waals surface area contributed by atoms with Crippen molar-refractivity contribution in [2.45, 2.75) is 20.4 Å². The van der Waals surface area contributed by atoms with Gasteiger partial charge < -0.3 is 10.3 Å². The molecule has 0 radical (unpaired) electrons. The van der Waals surface area contributed by atoms with Gasteiger partial charge in [0.1, 0.15) is 11.8 Å². The van der Waals surface area contributed by atoms with Gasteiger partial charge >= 0.3 is 0 Å². The molecule has 0 unspecified atom stereocenters. The van der Waals surface area contributed by atoms with Crippen LogP contribution in [0.25, 0.3) is 10.9 Å².